The third-order valence-corrected chi connectivity index (χ3v) is 2.41. The number of para-hydroxylation sites is 2. The zero-order valence-corrected chi connectivity index (χ0v) is 11.7. The van der Waals surface area contributed by atoms with Gasteiger partial charge < -0.3 is 20.1 Å². The molecule has 0 saturated carbocycles. The summed E-state index contributed by atoms with van der Waals surface area (Å²) in [7, 11) is 1.57. The van der Waals surface area contributed by atoms with Crippen molar-refractivity contribution in [3.05, 3.63) is 24.3 Å². The fourth-order valence-electron chi connectivity index (χ4n) is 1.51. The molecule has 0 atom stereocenters. The number of carbonyl (C=O) groups is 1. The van der Waals surface area contributed by atoms with Crippen molar-refractivity contribution in [2.75, 3.05) is 25.6 Å². The Labute approximate surface area is 114 Å². The molecule has 0 spiro atoms. The van der Waals surface area contributed by atoms with E-state index in [1.165, 1.54) is 0 Å². The van der Waals surface area contributed by atoms with Gasteiger partial charge in [-0.3, -0.25) is 0 Å². The van der Waals surface area contributed by atoms with Crippen LogP contribution in [0.5, 0.6) is 5.75 Å². The molecular formula is C14H22N2O3. The Morgan fingerprint density at radius 1 is 1.32 bits per heavy atom. The molecule has 0 saturated heterocycles. The number of ether oxygens (including phenoxy) is 2. The second-order valence-corrected chi connectivity index (χ2v) is 4.35. The topological polar surface area (TPSA) is 59.6 Å². The standard InChI is InChI=1S/C14H22N2O3/c1-11(2)19-10-6-9-15-14(17)16-12-7-4-5-8-13(12)18-3/h4-5,7-8,11H,6,9-10H2,1-3H3,(H2,15,16,17). The molecule has 2 N–H and O–H groups in total. The van der Waals surface area contributed by atoms with Crippen LogP contribution < -0.4 is 15.4 Å². The van der Waals surface area contributed by atoms with Gasteiger partial charge in [-0.2, -0.15) is 0 Å². The van der Waals surface area contributed by atoms with Crippen molar-refractivity contribution in [1.29, 1.82) is 0 Å². The Hall–Kier alpha value is -1.75. The van der Waals surface area contributed by atoms with Gasteiger partial charge >= 0.3 is 6.03 Å². The summed E-state index contributed by atoms with van der Waals surface area (Å²) in [5, 5.41) is 5.52. The first kappa shape index (κ1) is 15.3. The third kappa shape index (κ3) is 6.10. The Morgan fingerprint density at radius 2 is 2.05 bits per heavy atom. The molecule has 0 fully saturated rings. The Bertz CT molecular complexity index is 394. The van der Waals surface area contributed by atoms with E-state index < -0.39 is 0 Å². The largest absolute Gasteiger partial charge is 0.495 e. The normalized spacial score (nSPS) is 10.3. The first-order valence-corrected chi connectivity index (χ1v) is 6.43. The Kier molecular flexibility index (Phi) is 6.74. The molecule has 0 heterocycles. The summed E-state index contributed by atoms with van der Waals surface area (Å²) in [6, 6.07) is 7.04. The fourth-order valence-corrected chi connectivity index (χ4v) is 1.51. The SMILES string of the molecule is COc1ccccc1NC(=O)NCCCOC(C)C. The number of hydrogen-bond donors (Lipinski definition) is 2. The molecule has 1 aromatic carbocycles. The van der Waals surface area contributed by atoms with Crippen LogP contribution in [-0.2, 0) is 4.74 Å². The van der Waals surface area contributed by atoms with E-state index >= 15 is 0 Å². The monoisotopic (exact) mass is 266 g/mol. The molecule has 0 aliphatic rings. The summed E-state index contributed by atoms with van der Waals surface area (Å²) < 4.78 is 10.5. The molecule has 0 aliphatic carbocycles. The van der Waals surface area contributed by atoms with Crippen molar-refractivity contribution in [2.24, 2.45) is 0 Å². The van der Waals surface area contributed by atoms with Crippen molar-refractivity contribution in [3.63, 3.8) is 0 Å². The van der Waals surface area contributed by atoms with Crippen LogP contribution in [0.25, 0.3) is 0 Å². The van der Waals surface area contributed by atoms with Crippen LogP contribution in [0, 0.1) is 0 Å². The molecule has 5 nitrogen and oxygen atoms in total. The molecule has 2 amide bonds. The lowest BCUT2D eigenvalue weighted by Gasteiger charge is -2.11. The highest BCUT2D eigenvalue weighted by atomic mass is 16.5. The maximum Gasteiger partial charge on any atom is 0.319 e. The minimum Gasteiger partial charge on any atom is -0.495 e. The van der Waals surface area contributed by atoms with Crippen LogP contribution in [0.15, 0.2) is 24.3 Å². The summed E-state index contributed by atoms with van der Waals surface area (Å²) in [6.07, 6.45) is 1.01. The Balaban J connectivity index is 2.27. The summed E-state index contributed by atoms with van der Waals surface area (Å²) in [5.74, 6) is 0.640. The molecule has 19 heavy (non-hydrogen) atoms. The number of urea groups is 1. The molecule has 0 bridgehead atoms. The van der Waals surface area contributed by atoms with E-state index in [4.69, 9.17) is 9.47 Å². The number of carbonyl (C=O) groups excluding carboxylic acids is 1. The van der Waals surface area contributed by atoms with Crippen molar-refractivity contribution in [1.82, 2.24) is 5.32 Å². The highest BCUT2D eigenvalue weighted by Gasteiger charge is 2.05. The lowest BCUT2D eigenvalue weighted by atomic mass is 10.3. The van der Waals surface area contributed by atoms with Crippen LogP contribution in [-0.4, -0.2) is 32.4 Å². The third-order valence-electron chi connectivity index (χ3n) is 2.41. The Morgan fingerprint density at radius 3 is 2.74 bits per heavy atom. The van der Waals surface area contributed by atoms with Gasteiger partial charge in [0.15, 0.2) is 0 Å². The van der Waals surface area contributed by atoms with Gasteiger partial charge in [0.1, 0.15) is 5.75 Å². The highest BCUT2D eigenvalue weighted by molar-refractivity contribution is 5.90. The summed E-state index contributed by atoms with van der Waals surface area (Å²) >= 11 is 0. The lowest BCUT2D eigenvalue weighted by molar-refractivity contribution is 0.0775. The van der Waals surface area contributed by atoms with E-state index in [1.54, 1.807) is 19.2 Å². The molecule has 5 heteroatoms. The summed E-state index contributed by atoms with van der Waals surface area (Å²) in [5.41, 5.74) is 0.654. The average molecular weight is 266 g/mol. The molecule has 0 unspecified atom stereocenters. The number of amides is 2. The van der Waals surface area contributed by atoms with Gasteiger partial charge in [0.05, 0.1) is 18.9 Å². The zero-order valence-electron chi connectivity index (χ0n) is 11.7. The van der Waals surface area contributed by atoms with Gasteiger partial charge in [-0.05, 0) is 32.4 Å². The number of methoxy groups -OCH3 is 1. The van der Waals surface area contributed by atoms with Crippen LogP contribution >= 0.6 is 0 Å². The predicted octanol–water partition coefficient (Wildman–Crippen LogP) is 2.63. The van der Waals surface area contributed by atoms with Crippen molar-refractivity contribution >= 4 is 11.7 Å². The summed E-state index contributed by atoms with van der Waals surface area (Å²) in [6.45, 7) is 5.20. The minimum atomic E-state index is -0.242. The van der Waals surface area contributed by atoms with E-state index in [9.17, 15) is 4.79 Å². The quantitative estimate of drug-likeness (QED) is 0.746. The van der Waals surface area contributed by atoms with E-state index in [-0.39, 0.29) is 12.1 Å². The molecule has 0 aromatic heterocycles. The molecular weight excluding hydrogens is 244 g/mol. The van der Waals surface area contributed by atoms with Gasteiger partial charge in [0, 0.05) is 13.2 Å². The smallest absolute Gasteiger partial charge is 0.319 e. The van der Waals surface area contributed by atoms with Gasteiger partial charge in [0.2, 0.25) is 0 Å². The van der Waals surface area contributed by atoms with E-state index in [0.29, 0.717) is 24.6 Å². The molecule has 1 aromatic rings. The number of benzene rings is 1. The number of anilines is 1. The van der Waals surface area contributed by atoms with E-state index in [1.807, 2.05) is 26.0 Å². The van der Waals surface area contributed by atoms with Gasteiger partial charge in [-0.1, -0.05) is 12.1 Å². The van der Waals surface area contributed by atoms with Gasteiger partial charge in [-0.25, -0.2) is 4.79 Å². The second-order valence-electron chi connectivity index (χ2n) is 4.35. The number of rotatable bonds is 7. The van der Waals surface area contributed by atoms with Crippen LogP contribution in [0.3, 0.4) is 0 Å². The van der Waals surface area contributed by atoms with Crippen LogP contribution in [0.1, 0.15) is 20.3 Å². The van der Waals surface area contributed by atoms with Gasteiger partial charge in [0.25, 0.3) is 0 Å². The van der Waals surface area contributed by atoms with Crippen molar-refractivity contribution in [3.8, 4) is 5.75 Å². The minimum absolute atomic E-state index is 0.224. The summed E-state index contributed by atoms with van der Waals surface area (Å²) in [4.78, 5) is 11.7. The van der Waals surface area contributed by atoms with Crippen molar-refractivity contribution in [2.45, 2.75) is 26.4 Å². The number of nitrogens with one attached hydrogen (secondary N) is 2. The second kappa shape index (κ2) is 8.37. The van der Waals surface area contributed by atoms with Crippen molar-refractivity contribution < 1.29 is 14.3 Å². The molecule has 1 rings (SSSR count). The maximum absolute atomic E-state index is 11.7. The first-order chi connectivity index (χ1) is 9.13. The van der Waals surface area contributed by atoms with E-state index in [2.05, 4.69) is 10.6 Å². The highest BCUT2D eigenvalue weighted by Crippen LogP contribution is 2.22. The first-order valence-electron chi connectivity index (χ1n) is 6.43. The average Bonchev–Trinajstić information content (AvgIpc) is 2.38. The zero-order chi connectivity index (χ0) is 14.1. The van der Waals surface area contributed by atoms with Crippen LogP contribution in [0.4, 0.5) is 10.5 Å². The van der Waals surface area contributed by atoms with Gasteiger partial charge in [-0.15, -0.1) is 0 Å². The number of hydrogen-bond acceptors (Lipinski definition) is 3. The van der Waals surface area contributed by atoms with Crippen LogP contribution in [0.2, 0.25) is 0 Å². The fraction of sp³-hybridized carbons (Fsp3) is 0.500. The van der Waals surface area contributed by atoms with E-state index in [0.717, 1.165) is 6.42 Å². The molecule has 0 aliphatic heterocycles. The maximum atomic E-state index is 11.7. The lowest BCUT2D eigenvalue weighted by Crippen LogP contribution is -2.30. The molecule has 106 valence electrons. The predicted molar refractivity (Wildman–Crippen MR) is 75.7 cm³/mol. The molecule has 0 radical (unpaired) electrons.